The number of amides is 1. The van der Waals surface area contributed by atoms with Gasteiger partial charge in [0.25, 0.3) is 5.91 Å². The van der Waals surface area contributed by atoms with Gasteiger partial charge in [-0.05, 0) is 19.1 Å². The molecule has 0 unspecified atom stereocenters. The summed E-state index contributed by atoms with van der Waals surface area (Å²) in [4.78, 5) is 16.7. The molecule has 0 aliphatic heterocycles. The smallest absolute Gasteiger partial charge is 0.253 e. The largest absolute Gasteiger partial charge is 0.383 e. The van der Waals surface area contributed by atoms with E-state index in [4.69, 9.17) is 4.74 Å². The van der Waals surface area contributed by atoms with Crippen molar-refractivity contribution in [2.75, 3.05) is 33.4 Å². The molecule has 0 aliphatic rings. The number of nitrogens with zero attached hydrogens (tertiary/aromatic N) is 1. The van der Waals surface area contributed by atoms with E-state index in [0.29, 0.717) is 25.3 Å². The van der Waals surface area contributed by atoms with Gasteiger partial charge in [-0.2, -0.15) is 0 Å². The van der Waals surface area contributed by atoms with Crippen LogP contribution in [0.5, 0.6) is 0 Å². The molecule has 5 heteroatoms. The van der Waals surface area contributed by atoms with E-state index >= 15 is 0 Å². The number of carbonyl (C=O) groups is 1. The Morgan fingerprint density at radius 1 is 1.19 bits per heavy atom. The maximum absolute atomic E-state index is 12.3. The van der Waals surface area contributed by atoms with Gasteiger partial charge in [-0.3, -0.25) is 9.78 Å². The number of hydrogen-bond acceptors (Lipinski definition) is 4. The molecule has 112 valence electrons. The summed E-state index contributed by atoms with van der Waals surface area (Å²) in [5, 5.41) is 7.07. The van der Waals surface area contributed by atoms with Gasteiger partial charge >= 0.3 is 0 Å². The van der Waals surface area contributed by atoms with Crippen LogP contribution in [-0.4, -0.2) is 44.2 Å². The summed E-state index contributed by atoms with van der Waals surface area (Å²) < 4.78 is 4.94. The van der Waals surface area contributed by atoms with Gasteiger partial charge in [-0.1, -0.05) is 18.2 Å². The summed E-state index contributed by atoms with van der Waals surface area (Å²) in [6.07, 6.45) is 0. The molecule has 0 saturated carbocycles. The number of rotatable bonds is 7. The fourth-order valence-corrected chi connectivity index (χ4v) is 2.09. The molecule has 1 aromatic heterocycles. The highest BCUT2D eigenvalue weighted by Crippen LogP contribution is 2.17. The van der Waals surface area contributed by atoms with Crippen LogP contribution in [0.1, 0.15) is 16.1 Å². The third-order valence-electron chi connectivity index (χ3n) is 3.17. The van der Waals surface area contributed by atoms with Crippen molar-refractivity contribution < 1.29 is 9.53 Å². The first-order valence-electron chi connectivity index (χ1n) is 7.06. The Bertz CT molecular complexity index is 613. The molecule has 0 saturated heterocycles. The van der Waals surface area contributed by atoms with Gasteiger partial charge in [0.15, 0.2) is 0 Å². The predicted molar refractivity (Wildman–Crippen MR) is 83.6 cm³/mol. The normalized spacial score (nSPS) is 10.8. The van der Waals surface area contributed by atoms with Crippen LogP contribution in [0.25, 0.3) is 10.9 Å². The van der Waals surface area contributed by atoms with Crippen molar-refractivity contribution in [3.05, 3.63) is 41.6 Å². The summed E-state index contributed by atoms with van der Waals surface area (Å²) in [5.74, 6) is -0.0905. The second-order valence-corrected chi connectivity index (χ2v) is 4.83. The van der Waals surface area contributed by atoms with Crippen LogP contribution < -0.4 is 10.6 Å². The number of nitrogens with one attached hydrogen (secondary N) is 2. The highest BCUT2D eigenvalue weighted by Gasteiger charge is 2.10. The number of fused-ring (bicyclic) bond motifs is 1. The summed E-state index contributed by atoms with van der Waals surface area (Å²) in [6, 6.07) is 9.59. The van der Waals surface area contributed by atoms with Crippen molar-refractivity contribution in [3.8, 4) is 0 Å². The minimum absolute atomic E-state index is 0.0905. The lowest BCUT2D eigenvalue weighted by Gasteiger charge is -2.09. The van der Waals surface area contributed by atoms with Gasteiger partial charge < -0.3 is 15.4 Å². The number of hydrogen-bond donors (Lipinski definition) is 2. The van der Waals surface area contributed by atoms with Crippen LogP contribution in [0.2, 0.25) is 0 Å². The van der Waals surface area contributed by atoms with Gasteiger partial charge in [-0.15, -0.1) is 0 Å². The van der Waals surface area contributed by atoms with Crippen LogP contribution in [0.4, 0.5) is 0 Å². The molecule has 0 atom stereocenters. The monoisotopic (exact) mass is 287 g/mol. The topological polar surface area (TPSA) is 63.2 Å². The standard InChI is InChI=1S/C16H21N3O2/c1-12-6-7-13-4-3-5-14(15(13)19-12)16(20)18-9-8-17-10-11-21-2/h3-7,17H,8-11H2,1-2H3,(H,18,20). The number of methoxy groups -OCH3 is 1. The summed E-state index contributed by atoms with van der Waals surface area (Å²) >= 11 is 0. The Hall–Kier alpha value is -1.98. The summed E-state index contributed by atoms with van der Waals surface area (Å²) in [5.41, 5.74) is 2.28. The number of benzene rings is 1. The molecule has 21 heavy (non-hydrogen) atoms. The Labute approximate surface area is 124 Å². The van der Waals surface area contributed by atoms with Gasteiger partial charge in [0.05, 0.1) is 17.7 Å². The highest BCUT2D eigenvalue weighted by atomic mass is 16.5. The summed E-state index contributed by atoms with van der Waals surface area (Å²) in [7, 11) is 1.67. The zero-order valence-electron chi connectivity index (χ0n) is 12.5. The third-order valence-corrected chi connectivity index (χ3v) is 3.17. The molecule has 0 radical (unpaired) electrons. The SMILES string of the molecule is COCCNCCNC(=O)c1cccc2ccc(C)nc12. The molecule has 0 fully saturated rings. The van der Waals surface area contributed by atoms with E-state index in [1.54, 1.807) is 7.11 Å². The number of aryl methyl sites for hydroxylation is 1. The van der Waals surface area contributed by atoms with E-state index in [1.165, 1.54) is 0 Å². The molecule has 1 heterocycles. The van der Waals surface area contributed by atoms with Crippen LogP contribution in [0, 0.1) is 6.92 Å². The fraction of sp³-hybridized carbons (Fsp3) is 0.375. The average Bonchev–Trinajstić information content (AvgIpc) is 2.50. The number of para-hydroxylation sites is 1. The highest BCUT2D eigenvalue weighted by molar-refractivity contribution is 6.05. The van der Waals surface area contributed by atoms with Crippen molar-refractivity contribution in [1.82, 2.24) is 15.6 Å². The van der Waals surface area contributed by atoms with Crippen LogP contribution in [0.3, 0.4) is 0 Å². The van der Waals surface area contributed by atoms with Crippen LogP contribution in [-0.2, 0) is 4.74 Å². The minimum atomic E-state index is -0.0905. The van der Waals surface area contributed by atoms with Crippen molar-refractivity contribution in [1.29, 1.82) is 0 Å². The number of pyridine rings is 1. The predicted octanol–water partition coefficient (Wildman–Crippen LogP) is 1.51. The van der Waals surface area contributed by atoms with Gasteiger partial charge in [-0.25, -0.2) is 0 Å². The third kappa shape index (κ3) is 4.24. The molecule has 5 nitrogen and oxygen atoms in total. The molecular formula is C16H21N3O2. The fourth-order valence-electron chi connectivity index (χ4n) is 2.09. The summed E-state index contributed by atoms with van der Waals surface area (Å²) in [6.45, 7) is 4.66. The van der Waals surface area contributed by atoms with Gasteiger partial charge in [0.1, 0.15) is 0 Å². The molecular weight excluding hydrogens is 266 g/mol. The number of ether oxygens (including phenoxy) is 1. The first-order valence-corrected chi connectivity index (χ1v) is 7.06. The van der Waals surface area contributed by atoms with Crippen molar-refractivity contribution in [2.45, 2.75) is 6.92 Å². The van der Waals surface area contributed by atoms with E-state index in [-0.39, 0.29) is 5.91 Å². The van der Waals surface area contributed by atoms with E-state index in [2.05, 4.69) is 15.6 Å². The van der Waals surface area contributed by atoms with Gasteiger partial charge in [0, 0.05) is 37.8 Å². The molecule has 1 amide bonds. The average molecular weight is 287 g/mol. The quantitative estimate of drug-likeness (QED) is 0.758. The zero-order valence-corrected chi connectivity index (χ0v) is 12.5. The van der Waals surface area contributed by atoms with E-state index in [1.807, 2.05) is 37.3 Å². The van der Waals surface area contributed by atoms with E-state index in [9.17, 15) is 4.79 Å². The maximum atomic E-state index is 12.3. The van der Waals surface area contributed by atoms with Crippen molar-refractivity contribution in [3.63, 3.8) is 0 Å². The lowest BCUT2D eigenvalue weighted by atomic mass is 10.1. The Morgan fingerprint density at radius 2 is 2.05 bits per heavy atom. The Balaban J connectivity index is 1.98. The molecule has 0 bridgehead atoms. The number of carbonyl (C=O) groups excluding carboxylic acids is 1. The first-order chi connectivity index (χ1) is 10.2. The minimum Gasteiger partial charge on any atom is -0.383 e. The molecule has 0 spiro atoms. The molecule has 2 rings (SSSR count). The number of aromatic nitrogens is 1. The molecule has 2 aromatic rings. The van der Waals surface area contributed by atoms with E-state index < -0.39 is 0 Å². The van der Waals surface area contributed by atoms with Gasteiger partial charge in [0.2, 0.25) is 0 Å². The van der Waals surface area contributed by atoms with Crippen LogP contribution in [0.15, 0.2) is 30.3 Å². The lowest BCUT2D eigenvalue weighted by molar-refractivity contribution is 0.0955. The first kappa shape index (κ1) is 15.4. The Kier molecular flexibility index (Phi) is 5.66. The van der Waals surface area contributed by atoms with Crippen molar-refractivity contribution in [2.24, 2.45) is 0 Å². The van der Waals surface area contributed by atoms with Crippen LogP contribution >= 0.6 is 0 Å². The second-order valence-electron chi connectivity index (χ2n) is 4.83. The van der Waals surface area contributed by atoms with E-state index in [0.717, 1.165) is 23.1 Å². The van der Waals surface area contributed by atoms with Crippen molar-refractivity contribution >= 4 is 16.8 Å². The maximum Gasteiger partial charge on any atom is 0.253 e. The Morgan fingerprint density at radius 3 is 2.86 bits per heavy atom. The second kappa shape index (κ2) is 7.71. The zero-order chi connectivity index (χ0) is 15.1. The molecule has 2 N–H and O–H groups in total. The molecule has 1 aromatic carbocycles. The lowest BCUT2D eigenvalue weighted by Crippen LogP contribution is -2.33. The molecule has 0 aliphatic carbocycles.